The molecule has 0 aliphatic heterocycles. The number of carbonyl (C=O) groups is 1. The van der Waals surface area contributed by atoms with Crippen molar-refractivity contribution in [2.75, 3.05) is 0 Å². The second-order valence-corrected chi connectivity index (χ2v) is 5.57. The number of nitrogens with zero attached hydrogens (tertiary/aromatic N) is 1. The quantitative estimate of drug-likeness (QED) is 0.593. The summed E-state index contributed by atoms with van der Waals surface area (Å²) in [7, 11) is 0. The SMILES string of the molecule is O=C(O)c1ccc2nc(Cc3ccc(-c4ccco4)cc3)[nH]c2c1. The fraction of sp³-hybridized carbons (Fsp3) is 0.0526. The molecule has 4 aromatic rings. The van der Waals surface area contributed by atoms with Crippen LogP contribution in [0, 0.1) is 0 Å². The molecule has 118 valence electrons. The van der Waals surface area contributed by atoms with Crippen molar-refractivity contribution in [3.05, 3.63) is 77.8 Å². The molecule has 0 unspecified atom stereocenters. The Balaban J connectivity index is 1.58. The Hall–Kier alpha value is -3.34. The molecule has 0 aliphatic carbocycles. The Morgan fingerprint density at radius 2 is 1.96 bits per heavy atom. The number of furan rings is 1. The van der Waals surface area contributed by atoms with Crippen molar-refractivity contribution in [1.82, 2.24) is 9.97 Å². The third-order valence-electron chi connectivity index (χ3n) is 3.91. The highest BCUT2D eigenvalue weighted by Crippen LogP contribution is 2.21. The number of aromatic nitrogens is 2. The van der Waals surface area contributed by atoms with Crippen molar-refractivity contribution < 1.29 is 14.3 Å². The first-order valence-electron chi connectivity index (χ1n) is 7.54. The van der Waals surface area contributed by atoms with Gasteiger partial charge in [-0.05, 0) is 35.9 Å². The highest BCUT2D eigenvalue weighted by Gasteiger charge is 2.08. The number of carboxylic acid groups (broad SMARTS) is 1. The lowest BCUT2D eigenvalue weighted by Crippen LogP contribution is -1.94. The highest BCUT2D eigenvalue weighted by molar-refractivity contribution is 5.92. The molecule has 0 spiro atoms. The zero-order valence-corrected chi connectivity index (χ0v) is 12.7. The lowest BCUT2D eigenvalue weighted by atomic mass is 10.1. The molecule has 0 radical (unpaired) electrons. The normalized spacial score (nSPS) is 11.0. The number of aromatic amines is 1. The van der Waals surface area contributed by atoms with E-state index in [9.17, 15) is 4.79 Å². The first-order valence-corrected chi connectivity index (χ1v) is 7.54. The van der Waals surface area contributed by atoms with Gasteiger partial charge in [0, 0.05) is 12.0 Å². The van der Waals surface area contributed by atoms with E-state index in [4.69, 9.17) is 9.52 Å². The number of aromatic carboxylic acids is 1. The van der Waals surface area contributed by atoms with Crippen molar-refractivity contribution in [1.29, 1.82) is 0 Å². The van der Waals surface area contributed by atoms with E-state index < -0.39 is 5.97 Å². The molecule has 0 atom stereocenters. The van der Waals surface area contributed by atoms with Gasteiger partial charge >= 0.3 is 5.97 Å². The minimum atomic E-state index is -0.943. The molecule has 24 heavy (non-hydrogen) atoms. The molecule has 0 saturated heterocycles. The zero-order valence-electron chi connectivity index (χ0n) is 12.7. The van der Waals surface area contributed by atoms with Gasteiger partial charge in [-0.15, -0.1) is 0 Å². The van der Waals surface area contributed by atoms with E-state index in [0.717, 1.165) is 33.7 Å². The van der Waals surface area contributed by atoms with Crippen molar-refractivity contribution in [2.45, 2.75) is 6.42 Å². The van der Waals surface area contributed by atoms with Crippen LogP contribution in [0.15, 0.2) is 65.3 Å². The van der Waals surface area contributed by atoms with Crippen LogP contribution in [0.3, 0.4) is 0 Å². The number of nitrogens with one attached hydrogen (secondary N) is 1. The summed E-state index contributed by atoms with van der Waals surface area (Å²) in [5, 5.41) is 9.05. The molecule has 2 aromatic heterocycles. The van der Waals surface area contributed by atoms with E-state index in [-0.39, 0.29) is 5.56 Å². The molecule has 0 aliphatic rings. The number of imidazole rings is 1. The topological polar surface area (TPSA) is 79.1 Å². The van der Waals surface area contributed by atoms with E-state index in [2.05, 4.69) is 9.97 Å². The molecule has 0 bridgehead atoms. The van der Waals surface area contributed by atoms with Crippen molar-refractivity contribution >= 4 is 17.0 Å². The predicted molar refractivity (Wildman–Crippen MR) is 90.0 cm³/mol. The molecule has 0 amide bonds. The maximum Gasteiger partial charge on any atom is 0.335 e. The van der Waals surface area contributed by atoms with E-state index in [1.807, 2.05) is 36.4 Å². The van der Waals surface area contributed by atoms with Gasteiger partial charge in [-0.1, -0.05) is 24.3 Å². The van der Waals surface area contributed by atoms with Crippen LogP contribution in [-0.2, 0) is 6.42 Å². The van der Waals surface area contributed by atoms with Crippen LogP contribution in [0.4, 0.5) is 0 Å². The molecule has 2 aromatic carbocycles. The lowest BCUT2D eigenvalue weighted by molar-refractivity contribution is 0.0697. The summed E-state index contributed by atoms with van der Waals surface area (Å²) >= 11 is 0. The summed E-state index contributed by atoms with van der Waals surface area (Å²) in [6.45, 7) is 0. The minimum absolute atomic E-state index is 0.250. The maximum absolute atomic E-state index is 11.0. The van der Waals surface area contributed by atoms with Crippen molar-refractivity contribution in [2.24, 2.45) is 0 Å². The van der Waals surface area contributed by atoms with Crippen LogP contribution >= 0.6 is 0 Å². The number of carboxylic acids is 1. The van der Waals surface area contributed by atoms with E-state index in [1.165, 1.54) is 0 Å². The molecule has 2 heterocycles. The molecule has 5 heteroatoms. The van der Waals surface area contributed by atoms with Gasteiger partial charge < -0.3 is 14.5 Å². The smallest absolute Gasteiger partial charge is 0.335 e. The Bertz CT molecular complexity index is 999. The molecule has 0 fully saturated rings. The summed E-state index contributed by atoms with van der Waals surface area (Å²) in [6.07, 6.45) is 2.30. The first-order chi connectivity index (χ1) is 11.7. The third kappa shape index (κ3) is 2.67. The Morgan fingerprint density at radius 3 is 2.67 bits per heavy atom. The van der Waals surface area contributed by atoms with Crippen molar-refractivity contribution in [3.63, 3.8) is 0 Å². The fourth-order valence-electron chi connectivity index (χ4n) is 2.70. The summed E-state index contributed by atoms with van der Waals surface area (Å²) in [5.74, 6) is 0.700. The Kier molecular flexibility index (Phi) is 3.39. The average Bonchev–Trinajstić information content (AvgIpc) is 3.24. The van der Waals surface area contributed by atoms with Crippen LogP contribution in [-0.4, -0.2) is 21.0 Å². The molecule has 4 rings (SSSR count). The summed E-state index contributed by atoms with van der Waals surface area (Å²) < 4.78 is 5.38. The van der Waals surface area contributed by atoms with Gasteiger partial charge in [0.25, 0.3) is 0 Å². The van der Waals surface area contributed by atoms with Gasteiger partial charge in [-0.25, -0.2) is 9.78 Å². The second-order valence-electron chi connectivity index (χ2n) is 5.57. The van der Waals surface area contributed by atoms with Crippen LogP contribution < -0.4 is 0 Å². The molecule has 2 N–H and O–H groups in total. The Labute approximate surface area is 137 Å². The summed E-state index contributed by atoms with van der Waals surface area (Å²) in [6, 6.07) is 16.8. The van der Waals surface area contributed by atoms with Gasteiger partial charge in [-0.3, -0.25) is 0 Å². The largest absolute Gasteiger partial charge is 0.478 e. The molecular weight excluding hydrogens is 304 g/mol. The molecule has 5 nitrogen and oxygen atoms in total. The minimum Gasteiger partial charge on any atom is -0.478 e. The lowest BCUT2D eigenvalue weighted by Gasteiger charge is -2.00. The maximum atomic E-state index is 11.0. The fourth-order valence-corrected chi connectivity index (χ4v) is 2.70. The van der Waals surface area contributed by atoms with Gasteiger partial charge in [0.05, 0.1) is 22.9 Å². The highest BCUT2D eigenvalue weighted by atomic mass is 16.4. The number of rotatable bonds is 4. The second kappa shape index (κ2) is 5.70. The van der Waals surface area contributed by atoms with Gasteiger partial charge in [0.15, 0.2) is 0 Å². The standard InChI is InChI=1S/C19H14N2O3/c22-19(23)14-7-8-15-16(11-14)21-18(20-15)10-12-3-5-13(6-4-12)17-2-1-9-24-17/h1-9,11H,10H2,(H,20,21)(H,22,23). The predicted octanol–water partition coefficient (Wildman–Crippen LogP) is 4.11. The van der Waals surface area contributed by atoms with Crippen LogP contribution in [0.25, 0.3) is 22.4 Å². The summed E-state index contributed by atoms with van der Waals surface area (Å²) in [5.41, 5.74) is 3.89. The molecule has 0 saturated carbocycles. The number of fused-ring (bicyclic) bond motifs is 1. The zero-order chi connectivity index (χ0) is 16.5. The number of hydrogen-bond donors (Lipinski definition) is 2. The van der Waals surface area contributed by atoms with E-state index in [1.54, 1.807) is 24.5 Å². The van der Waals surface area contributed by atoms with Gasteiger partial charge in [0.2, 0.25) is 0 Å². The van der Waals surface area contributed by atoms with Crippen molar-refractivity contribution in [3.8, 4) is 11.3 Å². The van der Waals surface area contributed by atoms with E-state index in [0.29, 0.717) is 6.42 Å². The van der Waals surface area contributed by atoms with Crippen LogP contribution in [0.2, 0.25) is 0 Å². The third-order valence-corrected chi connectivity index (χ3v) is 3.91. The summed E-state index contributed by atoms with van der Waals surface area (Å²) in [4.78, 5) is 18.7. The van der Waals surface area contributed by atoms with Crippen LogP contribution in [0.1, 0.15) is 21.7 Å². The monoisotopic (exact) mass is 318 g/mol. The van der Waals surface area contributed by atoms with E-state index >= 15 is 0 Å². The molecular formula is C19H14N2O3. The first kappa shape index (κ1) is 14.3. The van der Waals surface area contributed by atoms with Crippen LogP contribution in [0.5, 0.6) is 0 Å². The van der Waals surface area contributed by atoms with Gasteiger partial charge in [-0.2, -0.15) is 0 Å². The average molecular weight is 318 g/mol. The number of hydrogen-bond acceptors (Lipinski definition) is 3. The Morgan fingerprint density at radius 1 is 1.12 bits per heavy atom. The number of H-pyrrole nitrogens is 1. The van der Waals surface area contributed by atoms with Gasteiger partial charge in [0.1, 0.15) is 11.6 Å². The number of benzene rings is 2.